The summed E-state index contributed by atoms with van der Waals surface area (Å²) in [7, 11) is 0. The van der Waals surface area contributed by atoms with Gasteiger partial charge in [0, 0.05) is 11.5 Å². The molecule has 0 amide bonds. The number of ether oxygens (including phenoxy) is 1. The van der Waals surface area contributed by atoms with Crippen LogP contribution in [0.5, 0.6) is 0 Å². The molecular formula is C27H30O3. The van der Waals surface area contributed by atoms with Crippen LogP contribution in [0.4, 0.5) is 0 Å². The van der Waals surface area contributed by atoms with Crippen molar-refractivity contribution in [1.82, 2.24) is 0 Å². The van der Waals surface area contributed by atoms with Gasteiger partial charge < -0.3 is 14.9 Å². The zero-order valence-electron chi connectivity index (χ0n) is 17.6. The summed E-state index contributed by atoms with van der Waals surface area (Å²) in [5.41, 5.74) is 1.19. The zero-order chi connectivity index (χ0) is 21.2. The van der Waals surface area contributed by atoms with E-state index >= 15 is 0 Å². The van der Waals surface area contributed by atoms with Crippen LogP contribution in [0.2, 0.25) is 0 Å². The number of rotatable bonds is 5. The molecule has 0 spiro atoms. The van der Waals surface area contributed by atoms with Gasteiger partial charge in [-0.1, -0.05) is 105 Å². The van der Waals surface area contributed by atoms with Gasteiger partial charge in [-0.05, 0) is 24.0 Å². The molecule has 5 atom stereocenters. The minimum atomic E-state index is -1.62. The lowest BCUT2D eigenvalue weighted by Crippen LogP contribution is -2.59. The molecule has 0 unspecified atom stereocenters. The first-order valence-electron chi connectivity index (χ1n) is 10.8. The normalized spacial score (nSPS) is 31.4. The van der Waals surface area contributed by atoms with Gasteiger partial charge in [-0.25, -0.2) is 0 Å². The first-order chi connectivity index (χ1) is 14.6. The Bertz CT molecular complexity index is 944. The van der Waals surface area contributed by atoms with Crippen molar-refractivity contribution < 1.29 is 14.9 Å². The van der Waals surface area contributed by atoms with E-state index in [1.165, 1.54) is 0 Å². The second-order valence-corrected chi connectivity index (χ2v) is 8.18. The molecule has 156 valence electrons. The lowest BCUT2D eigenvalue weighted by Gasteiger charge is -2.56. The van der Waals surface area contributed by atoms with E-state index in [2.05, 4.69) is 6.92 Å². The molecule has 0 aromatic heterocycles. The van der Waals surface area contributed by atoms with E-state index in [4.69, 9.17) is 4.74 Å². The molecule has 3 aromatic carbocycles. The van der Waals surface area contributed by atoms with Crippen LogP contribution < -0.4 is 0 Å². The van der Waals surface area contributed by atoms with Gasteiger partial charge in [-0.15, -0.1) is 0 Å². The van der Waals surface area contributed by atoms with Gasteiger partial charge in [0.2, 0.25) is 0 Å². The van der Waals surface area contributed by atoms with Crippen molar-refractivity contribution in [2.75, 3.05) is 0 Å². The van der Waals surface area contributed by atoms with Gasteiger partial charge in [0.05, 0.1) is 12.0 Å². The van der Waals surface area contributed by atoms with E-state index in [0.717, 1.165) is 11.1 Å². The molecule has 0 bridgehead atoms. The van der Waals surface area contributed by atoms with E-state index in [0.29, 0.717) is 18.4 Å². The van der Waals surface area contributed by atoms with Crippen LogP contribution in [-0.4, -0.2) is 10.2 Å². The minimum Gasteiger partial charge on any atom is -0.384 e. The molecule has 1 aliphatic heterocycles. The van der Waals surface area contributed by atoms with Crippen molar-refractivity contribution in [3.63, 3.8) is 0 Å². The summed E-state index contributed by atoms with van der Waals surface area (Å²) in [6.07, 6.45) is 0.829. The average molecular weight is 403 g/mol. The highest BCUT2D eigenvalue weighted by atomic mass is 16.6. The number of benzene rings is 3. The minimum absolute atomic E-state index is 0.212. The average Bonchev–Trinajstić information content (AvgIpc) is 2.80. The van der Waals surface area contributed by atoms with Crippen molar-refractivity contribution in [1.29, 1.82) is 0 Å². The molecule has 3 heteroatoms. The van der Waals surface area contributed by atoms with Crippen LogP contribution in [-0.2, 0) is 16.1 Å². The van der Waals surface area contributed by atoms with E-state index < -0.39 is 23.4 Å². The molecular weight excluding hydrogens is 372 g/mol. The van der Waals surface area contributed by atoms with Crippen molar-refractivity contribution in [2.24, 2.45) is 11.8 Å². The van der Waals surface area contributed by atoms with E-state index in [1.807, 2.05) is 97.9 Å². The summed E-state index contributed by atoms with van der Waals surface area (Å²) in [6.45, 7) is 4.09. The maximum atomic E-state index is 12.5. The van der Waals surface area contributed by atoms with Crippen LogP contribution in [0, 0.1) is 11.8 Å². The molecule has 3 aromatic rings. The summed E-state index contributed by atoms with van der Waals surface area (Å²) < 4.78 is 6.57. The second kappa shape index (κ2) is 8.35. The lowest BCUT2D eigenvalue weighted by molar-refractivity contribution is -0.366. The molecule has 1 heterocycles. The van der Waals surface area contributed by atoms with Crippen molar-refractivity contribution in [3.05, 3.63) is 108 Å². The van der Waals surface area contributed by atoms with Gasteiger partial charge in [-0.2, -0.15) is 0 Å². The third-order valence-corrected chi connectivity index (χ3v) is 6.64. The Morgan fingerprint density at radius 3 is 1.70 bits per heavy atom. The topological polar surface area (TPSA) is 49.7 Å². The molecule has 4 rings (SSSR count). The summed E-state index contributed by atoms with van der Waals surface area (Å²) in [5, 5.41) is 24.5. The highest BCUT2D eigenvalue weighted by Gasteiger charge is 2.61. The van der Waals surface area contributed by atoms with Crippen molar-refractivity contribution >= 4 is 0 Å². The van der Waals surface area contributed by atoms with Crippen LogP contribution in [0.3, 0.4) is 0 Å². The van der Waals surface area contributed by atoms with E-state index in [1.54, 1.807) is 0 Å². The summed E-state index contributed by atoms with van der Waals surface area (Å²) in [4.78, 5) is 0. The number of hydrogen-bond donors (Lipinski definition) is 2. The quantitative estimate of drug-likeness (QED) is 0.589. The second-order valence-electron chi connectivity index (χ2n) is 8.18. The van der Waals surface area contributed by atoms with Crippen molar-refractivity contribution in [3.8, 4) is 0 Å². The molecule has 1 fully saturated rings. The molecule has 3 nitrogen and oxygen atoms in total. The van der Waals surface area contributed by atoms with E-state index in [-0.39, 0.29) is 5.92 Å². The monoisotopic (exact) mass is 402 g/mol. The summed E-state index contributed by atoms with van der Waals surface area (Å²) in [5.74, 6) is -2.36. The van der Waals surface area contributed by atoms with Gasteiger partial charge >= 0.3 is 0 Å². The molecule has 30 heavy (non-hydrogen) atoms. The Kier molecular flexibility index (Phi) is 5.79. The van der Waals surface area contributed by atoms with Gasteiger partial charge in [-0.3, -0.25) is 0 Å². The van der Waals surface area contributed by atoms with Crippen LogP contribution >= 0.6 is 0 Å². The standard InChI is InChI=1S/C27H30O3/c1-3-23-25(20-14-8-5-9-15-20)30-27(29,22-18-12-7-13-19-22)24(4-2)26(23,28)21-16-10-6-11-17-21/h5-19,23-25,28-29H,3-4H2,1-2H3/t23-,24-,25-,26+,27+/m1/s1. The first kappa shape index (κ1) is 20.8. The maximum absolute atomic E-state index is 12.5. The van der Waals surface area contributed by atoms with Crippen molar-refractivity contribution in [2.45, 2.75) is 44.2 Å². The highest BCUT2D eigenvalue weighted by molar-refractivity contribution is 5.33. The molecule has 2 N–H and O–H groups in total. The predicted octanol–water partition coefficient (Wildman–Crippen LogP) is 5.54. The Balaban J connectivity index is 1.96. The van der Waals surface area contributed by atoms with Gasteiger partial charge in [0.15, 0.2) is 5.79 Å². The Hall–Kier alpha value is -2.46. The molecule has 0 aliphatic carbocycles. The fraction of sp³-hybridized carbons (Fsp3) is 0.333. The number of aliphatic hydroxyl groups is 2. The Morgan fingerprint density at radius 2 is 1.20 bits per heavy atom. The fourth-order valence-electron chi connectivity index (χ4n) is 5.27. The summed E-state index contributed by atoms with van der Waals surface area (Å²) >= 11 is 0. The Labute approximate surface area is 179 Å². The van der Waals surface area contributed by atoms with Gasteiger partial charge in [0.25, 0.3) is 0 Å². The third-order valence-electron chi connectivity index (χ3n) is 6.64. The van der Waals surface area contributed by atoms with Gasteiger partial charge in [0.1, 0.15) is 5.60 Å². The highest BCUT2D eigenvalue weighted by Crippen LogP contribution is 2.59. The molecule has 0 saturated carbocycles. The first-order valence-corrected chi connectivity index (χ1v) is 10.8. The predicted molar refractivity (Wildman–Crippen MR) is 119 cm³/mol. The van der Waals surface area contributed by atoms with Crippen LogP contribution in [0.25, 0.3) is 0 Å². The zero-order valence-corrected chi connectivity index (χ0v) is 17.6. The van der Waals surface area contributed by atoms with Crippen LogP contribution in [0.1, 0.15) is 49.5 Å². The molecule has 1 aliphatic rings. The van der Waals surface area contributed by atoms with E-state index in [9.17, 15) is 10.2 Å². The van der Waals surface area contributed by atoms with Crippen LogP contribution in [0.15, 0.2) is 91.0 Å². The Morgan fingerprint density at radius 1 is 0.700 bits per heavy atom. The maximum Gasteiger partial charge on any atom is 0.199 e. The molecule has 1 saturated heterocycles. The molecule has 0 radical (unpaired) electrons. The fourth-order valence-corrected chi connectivity index (χ4v) is 5.27. The third kappa shape index (κ3) is 3.27. The largest absolute Gasteiger partial charge is 0.384 e. The summed E-state index contributed by atoms with van der Waals surface area (Å²) in [6, 6.07) is 29.2. The smallest absolute Gasteiger partial charge is 0.199 e. The lowest BCUT2D eigenvalue weighted by atomic mass is 9.61. The number of hydrogen-bond acceptors (Lipinski definition) is 3. The SMILES string of the molecule is CC[C@@H]1[C@@H](c2ccccc2)O[C@@](O)(c2ccccc2)[C@H](CC)[C@]1(O)c1ccccc1.